The van der Waals surface area contributed by atoms with Gasteiger partial charge in [0, 0.05) is 39.1 Å². The second-order valence-electron chi connectivity index (χ2n) is 11.8. The first-order valence-electron chi connectivity index (χ1n) is 15.3. The first-order valence-corrected chi connectivity index (χ1v) is 16.7. The van der Waals surface area contributed by atoms with Gasteiger partial charge in [0.25, 0.3) is 5.91 Å². The number of piperidine rings is 1. The maximum absolute atomic E-state index is 13.8. The number of hydrogen-bond donors (Lipinski definition) is 1. The maximum Gasteiger partial charge on any atom is 0.257 e. The van der Waals surface area contributed by atoms with Crippen LogP contribution >= 0.6 is 0 Å². The van der Waals surface area contributed by atoms with Gasteiger partial charge in [-0.05, 0) is 86.6 Å². The molecule has 2 saturated heterocycles. The molecule has 2 amide bonds. The third-order valence-corrected chi connectivity index (χ3v) is 11.0. The van der Waals surface area contributed by atoms with Gasteiger partial charge in [-0.1, -0.05) is 24.6 Å². The first-order chi connectivity index (χ1) is 20.3. The van der Waals surface area contributed by atoms with Crippen LogP contribution in [0.2, 0.25) is 0 Å². The fourth-order valence-corrected chi connectivity index (χ4v) is 7.96. The Morgan fingerprint density at radius 1 is 0.929 bits per heavy atom. The molecule has 0 unspecified atom stereocenters. The summed E-state index contributed by atoms with van der Waals surface area (Å²) in [7, 11) is -2.17. The van der Waals surface area contributed by atoms with Crippen molar-refractivity contribution in [2.75, 3.05) is 46.4 Å². The highest BCUT2D eigenvalue weighted by atomic mass is 32.2. The molecule has 5 rings (SSSR count). The molecule has 0 saturated carbocycles. The summed E-state index contributed by atoms with van der Waals surface area (Å²) in [5.74, 6) is 1.09. The van der Waals surface area contributed by atoms with E-state index < -0.39 is 10.0 Å². The molecule has 10 heteroatoms. The topological polar surface area (TPSA) is 105 Å². The van der Waals surface area contributed by atoms with Crippen molar-refractivity contribution in [2.24, 2.45) is 5.41 Å². The van der Waals surface area contributed by atoms with Gasteiger partial charge in [0.2, 0.25) is 15.9 Å². The highest BCUT2D eigenvalue weighted by Crippen LogP contribution is 2.38. The lowest BCUT2D eigenvalue weighted by Gasteiger charge is -2.42. The summed E-state index contributed by atoms with van der Waals surface area (Å²) in [5.41, 5.74) is 1.39. The molecule has 0 aliphatic carbocycles. The van der Waals surface area contributed by atoms with E-state index in [1.165, 1.54) is 29.1 Å². The molecule has 42 heavy (non-hydrogen) atoms. The van der Waals surface area contributed by atoms with Crippen LogP contribution in [0.25, 0.3) is 0 Å². The quantitative estimate of drug-likeness (QED) is 0.560. The van der Waals surface area contributed by atoms with E-state index >= 15 is 0 Å². The summed E-state index contributed by atoms with van der Waals surface area (Å²) in [4.78, 5) is 28.3. The van der Waals surface area contributed by atoms with Crippen LogP contribution in [0.4, 0.5) is 0 Å². The summed E-state index contributed by atoms with van der Waals surface area (Å²) < 4.78 is 39.3. The molecular weight excluding hydrogens is 554 g/mol. The SMILES string of the molecule is COc1ccc(S(=O)(=O)N2CCCC2)cc1C(=O)N1CCC2(CCCCc3ccccc3OCCCC(=O)NC2)CC1. The van der Waals surface area contributed by atoms with Gasteiger partial charge >= 0.3 is 0 Å². The van der Waals surface area contributed by atoms with Crippen LogP contribution in [0.3, 0.4) is 0 Å². The van der Waals surface area contributed by atoms with Crippen molar-refractivity contribution >= 4 is 21.8 Å². The van der Waals surface area contributed by atoms with Gasteiger partial charge in [-0.15, -0.1) is 0 Å². The molecule has 0 bridgehead atoms. The van der Waals surface area contributed by atoms with E-state index in [1.807, 2.05) is 18.2 Å². The molecule has 228 valence electrons. The van der Waals surface area contributed by atoms with Crippen molar-refractivity contribution in [2.45, 2.75) is 69.1 Å². The minimum Gasteiger partial charge on any atom is -0.496 e. The second kappa shape index (κ2) is 13.5. The van der Waals surface area contributed by atoms with Crippen molar-refractivity contribution in [3.8, 4) is 11.5 Å². The molecule has 3 aliphatic rings. The summed E-state index contributed by atoms with van der Waals surface area (Å²) in [6, 6.07) is 12.7. The molecule has 0 radical (unpaired) electrons. The third kappa shape index (κ3) is 6.92. The maximum atomic E-state index is 13.8. The second-order valence-corrected chi connectivity index (χ2v) is 13.7. The van der Waals surface area contributed by atoms with Crippen LogP contribution in [-0.2, 0) is 21.2 Å². The number of ether oxygens (including phenoxy) is 2. The van der Waals surface area contributed by atoms with Crippen molar-refractivity contribution in [3.63, 3.8) is 0 Å². The van der Waals surface area contributed by atoms with Crippen LogP contribution in [0.15, 0.2) is 47.4 Å². The van der Waals surface area contributed by atoms with E-state index in [1.54, 1.807) is 11.0 Å². The fraction of sp³-hybridized carbons (Fsp3) is 0.562. The number of likely N-dealkylation sites (tertiary alicyclic amines) is 1. The molecule has 9 nitrogen and oxygen atoms in total. The molecule has 0 atom stereocenters. The smallest absolute Gasteiger partial charge is 0.257 e. The van der Waals surface area contributed by atoms with Gasteiger partial charge in [0.05, 0.1) is 24.2 Å². The number of nitrogens with zero attached hydrogens (tertiary/aromatic N) is 2. The minimum absolute atomic E-state index is 0.0302. The van der Waals surface area contributed by atoms with E-state index in [0.717, 1.165) is 57.1 Å². The number of fused-ring (bicyclic) bond motifs is 1. The van der Waals surface area contributed by atoms with Crippen LogP contribution in [-0.4, -0.2) is 75.9 Å². The van der Waals surface area contributed by atoms with Gasteiger partial charge in [0.1, 0.15) is 11.5 Å². The van der Waals surface area contributed by atoms with E-state index in [2.05, 4.69) is 11.4 Å². The highest BCUT2D eigenvalue weighted by Gasteiger charge is 2.37. The molecule has 2 aromatic carbocycles. The van der Waals surface area contributed by atoms with Gasteiger partial charge in [-0.25, -0.2) is 8.42 Å². The molecule has 3 aliphatic heterocycles. The number of methoxy groups -OCH3 is 1. The molecule has 2 fully saturated rings. The lowest BCUT2D eigenvalue weighted by molar-refractivity contribution is -0.122. The fourth-order valence-electron chi connectivity index (χ4n) is 6.42. The summed E-state index contributed by atoms with van der Waals surface area (Å²) in [5, 5.41) is 3.17. The Morgan fingerprint density at radius 3 is 2.45 bits per heavy atom. The predicted octanol–water partition coefficient (Wildman–Crippen LogP) is 4.40. The van der Waals surface area contributed by atoms with Crippen molar-refractivity contribution in [3.05, 3.63) is 53.6 Å². The highest BCUT2D eigenvalue weighted by molar-refractivity contribution is 7.89. The number of amides is 2. The third-order valence-electron chi connectivity index (χ3n) is 9.06. The Bertz CT molecular complexity index is 1360. The number of benzene rings is 2. The number of para-hydroxylation sites is 1. The van der Waals surface area contributed by atoms with Crippen LogP contribution in [0.5, 0.6) is 11.5 Å². The average molecular weight is 598 g/mol. The van der Waals surface area contributed by atoms with Gasteiger partial charge in [-0.3, -0.25) is 9.59 Å². The van der Waals surface area contributed by atoms with Crippen molar-refractivity contribution in [1.29, 1.82) is 0 Å². The lowest BCUT2D eigenvalue weighted by Crippen LogP contribution is -2.48. The largest absolute Gasteiger partial charge is 0.496 e. The number of nitrogens with one attached hydrogen (secondary N) is 1. The number of sulfonamides is 1. The number of carbonyl (C=O) groups is 2. The Balaban J connectivity index is 1.28. The Hall–Kier alpha value is -3.11. The predicted molar refractivity (Wildman–Crippen MR) is 160 cm³/mol. The van der Waals surface area contributed by atoms with Crippen molar-refractivity contribution < 1.29 is 27.5 Å². The minimum atomic E-state index is -3.66. The van der Waals surface area contributed by atoms with Crippen LogP contribution < -0.4 is 14.8 Å². The Kier molecular flexibility index (Phi) is 9.73. The van der Waals surface area contributed by atoms with E-state index in [9.17, 15) is 18.0 Å². The molecule has 1 N–H and O–H groups in total. The normalized spacial score (nSPS) is 20.7. The average Bonchev–Trinajstić information content (AvgIpc) is 3.57. The van der Waals surface area contributed by atoms with E-state index in [-0.39, 0.29) is 27.7 Å². The van der Waals surface area contributed by atoms with Crippen LogP contribution in [0.1, 0.15) is 73.7 Å². The molecule has 3 heterocycles. The van der Waals surface area contributed by atoms with Gasteiger partial charge < -0.3 is 19.7 Å². The summed E-state index contributed by atoms with van der Waals surface area (Å²) >= 11 is 0. The summed E-state index contributed by atoms with van der Waals surface area (Å²) in [6.45, 7) is 3.19. The number of aryl methyl sites for hydroxylation is 1. The zero-order valence-corrected chi connectivity index (χ0v) is 25.4. The molecular formula is C32H43N3O6S. The zero-order valence-electron chi connectivity index (χ0n) is 24.6. The summed E-state index contributed by atoms with van der Waals surface area (Å²) in [6.07, 6.45) is 8.25. The number of rotatable bonds is 4. The number of carbonyl (C=O) groups excluding carboxylic acids is 2. The standard InChI is InChI=1S/C32H43N3O6S/c1-40-29-14-13-26(42(38,39)35-18-6-7-19-35)23-27(29)31(37)34-20-16-32(17-21-34)15-5-4-10-25-9-2-3-11-28(25)41-22-8-12-30(36)33-24-32/h2-3,9,11,13-14,23H,4-8,10,12,15-22,24H2,1H3,(H,33,36). The zero-order chi connectivity index (χ0) is 29.6. The molecule has 1 spiro atoms. The lowest BCUT2D eigenvalue weighted by atomic mass is 9.74. The van der Waals surface area contributed by atoms with Gasteiger partial charge in [0.15, 0.2) is 0 Å². The first kappa shape index (κ1) is 30.4. The van der Waals surface area contributed by atoms with E-state index in [0.29, 0.717) is 57.9 Å². The monoisotopic (exact) mass is 597 g/mol. The Morgan fingerprint density at radius 2 is 1.69 bits per heavy atom. The van der Waals surface area contributed by atoms with Crippen LogP contribution in [0, 0.1) is 5.41 Å². The van der Waals surface area contributed by atoms with E-state index in [4.69, 9.17) is 9.47 Å². The van der Waals surface area contributed by atoms with Gasteiger partial charge in [-0.2, -0.15) is 4.31 Å². The number of hydrogen-bond acceptors (Lipinski definition) is 6. The van der Waals surface area contributed by atoms with Crippen molar-refractivity contribution in [1.82, 2.24) is 14.5 Å². The molecule has 2 aromatic rings. The molecule has 0 aromatic heterocycles. The Labute approximate surface area is 249 Å².